The largest absolute Gasteiger partial charge is 0.480 e. The summed E-state index contributed by atoms with van der Waals surface area (Å²) < 4.78 is 7.10. The highest BCUT2D eigenvalue weighted by molar-refractivity contribution is 5.90. The number of carbonyl (C=O) groups excluding carboxylic acids is 1. The van der Waals surface area contributed by atoms with Gasteiger partial charge in [-0.2, -0.15) is 9.97 Å². The van der Waals surface area contributed by atoms with Crippen molar-refractivity contribution in [2.45, 2.75) is 97.2 Å². The third kappa shape index (κ3) is 6.79. The highest BCUT2D eigenvalue weighted by atomic mass is 16.6. The van der Waals surface area contributed by atoms with Gasteiger partial charge in [-0.1, -0.05) is 39.0 Å². The number of carbonyl (C=O) groups is 2. The Morgan fingerprint density at radius 3 is 2.58 bits per heavy atom. The number of hydrogen-bond acceptors (Lipinski definition) is 7. The van der Waals surface area contributed by atoms with Crippen LogP contribution < -0.4 is 10.2 Å². The summed E-state index contributed by atoms with van der Waals surface area (Å²) in [5.74, 6) is -0.281. The van der Waals surface area contributed by atoms with Crippen molar-refractivity contribution in [3.05, 3.63) is 6.33 Å². The molecule has 10 nitrogen and oxygen atoms in total. The van der Waals surface area contributed by atoms with Gasteiger partial charge in [0, 0.05) is 12.6 Å². The Bertz CT molecular complexity index is 962. The molecule has 1 saturated carbocycles. The summed E-state index contributed by atoms with van der Waals surface area (Å²) >= 11 is 0. The van der Waals surface area contributed by atoms with Crippen molar-refractivity contribution in [3.63, 3.8) is 0 Å². The van der Waals surface area contributed by atoms with Crippen LogP contribution in [0.4, 0.5) is 16.6 Å². The molecule has 0 aliphatic heterocycles. The third-order valence-electron chi connectivity index (χ3n) is 5.54. The van der Waals surface area contributed by atoms with E-state index < -0.39 is 17.7 Å². The quantitative estimate of drug-likeness (QED) is 0.521. The zero-order chi connectivity index (χ0) is 24.0. The average Bonchev–Trinajstić information content (AvgIpc) is 3.13. The van der Waals surface area contributed by atoms with Crippen molar-refractivity contribution in [1.29, 1.82) is 0 Å². The SMILES string of the molecule is CCCCCN(C(=O)OC(C)(C)C)c1nc(NC2CCCCC2)c2ncn(CC(=O)O)c2n1. The standard InChI is InChI=1S/C23H36N6O4/c1-5-6-10-13-29(22(32)33-23(2,3)4)21-26-19(25-16-11-8-7-9-12-16)18-20(27-21)28(15-24-18)14-17(30)31/h15-16H,5-14H2,1-4H3,(H,30,31)(H,25,26,27). The van der Waals surface area contributed by atoms with Crippen LogP contribution in [0.3, 0.4) is 0 Å². The fourth-order valence-electron chi connectivity index (χ4n) is 3.97. The fraction of sp³-hybridized carbons (Fsp3) is 0.696. The Balaban J connectivity index is 2.04. The van der Waals surface area contributed by atoms with Crippen molar-refractivity contribution in [2.24, 2.45) is 0 Å². The Hall–Kier alpha value is -2.91. The van der Waals surface area contributed by atoms with Gasteiger partial charge >= 0.3 is 12.1 Å². The second kappa shape index (κ2) is 10.8. The molecule has 2 N–H and O–H groups in total. The van der Waals surface area contributed by atoms with Crippen molar-refractivity contribution < 1.29 is 19.4 Å². The Labute approximate surface area is 194 Å². The summed E-state index contributed by atoms with van der Waals surface area (Å²) in [5.41, 5.74) is 0.214. The molecule has 1 aliphatic carbocycles. The second-order valence-electron chi connectivity index (χ2n) is 9.63. The first kappa shape index (κ1) is 24.7. The van der Waals surface area contributed by atoms with Crippen LogP contribution in [0, 0.1) is 0 Å². The first-order valence-electron chi connectivity index (χ1n) is 11.9. The summed E-state index contributed by atoms with van der Waals surface area (Å²) in [6.07, 6.45) is 9.24. The molecule has 0 aromatic carbocycles. The first-order chi connectivity index (χ1) is 15.7. The summed E-state index contributed by atoms with van der Waals surface area (Å²) in [7, 11) is 0. The van der Waals surface area contributed by atoms with E-state index in [9.17, 15) is 14.7 Å². The van der Waals surface area contributed by atoms with Gasteiger partial charge in [0.1, 0.15) is 12.1 Å². The van der Waals surface area contributed by atoms with Gasteiger partial charge in [0.15, 0.2) is 17.0 Å². The van der Waals surface area contributed by atoms with Crippen LogP contribution >= 0.6 is 0 Å². The van der Waals surface area contributed by atoms with E-state index in [0.717, 1.165) is 44.9 Å². The van der Waals surface area contributed by atoms with Crippen LogP contribution in [0.25, 0.3) is 11.2 Å². The number of fused-ring (bicyclic) bond motifs is 1. The smallest absolute Gasteiger partial charge is 0.417 e. The summed E-state index contributed by atoms with van der Waals surface area (Å²) in [4.78, 5) is 39.6. The van der Waals surface area contributed by atoms with Gasteiger partial charge in [-0.3, -0.25) is 4.79 Å². The monoisotopic (exact) mass is 460 g/mol. The summed E-state index contributed by atoms with van der Waals surface area (Å²) in [5, 5.41) is 12.8. The molecule has 2 aromatic heterocycles. The number of anilines is 2. The lowest BCUT2D eigenvalue weighted by Crippen LogP contribution is -2.38. The van der Waals surface area contributed by atoms with Gasteiger partial charge in [0.05, 0.1) is 6.33 Å². The molecule has 1 fully saturated rings. The first-order valence-corrected chi connectivity index (χ1v) is 11.9. The normalized spacial score (nSPS) is 14.9. The van der Waals surface area contributed by atoms with Gasteiger partial charge in [0.25, 0.3) is 0 Å². The molecule has 10 heteroatoms. The number of amides is 1. The van der Waals surface area contributed by atoms with Crippen molar-refractivity contribution in [2.75, 3.05) is 16.8 Å². The van der Waals surface area contributed by atoms with Crippen molar-refractivity contribution >= 4 is 35.0 Å². The molecule has 182 valence electrons. The molecular formula is C23H36N6O4. The zero-order valence-electron chi connectivity index (χ0n) is 20.1. The molecule has 2 heterocycles. The summed E-state index contributed by atoms with van der Waals surface area (Å²) in [6, 6.07) is 0.254. The lowest BCUT2D eigenvalue weighted by Gasteiger charge is -2.27. The highest BCUT2D eigenvalue weighted by Crippen LogP contribution is 2.28. The maximum absolute atomic E-state index is 13.1. The van der Waals surface area contributed by atoms with Gasteiger partial charge in [-0.25, -0.2) is 14.7 Å². The molecule has 3 rings (SSSR count). The average molecular weight is 461 g/mol. The number of nitrogens with one attached hydrogen (secondary N) is 1. The number of hydrogen-bond donors (Lipinski definition) is 2. The van der Waals surface area contributed by atoms with Crippen LogP contribution in [0.5, 0.6) is 0 Å². The van der Waals surface area contributed by atoms with E-state index in [4.69, 9.17) is 9.72 Å². The summed E-state index contributed by atoms with van der Waals surface area (Å²) in [6.45, 7) is 7.67. The van der Waals surface area contributed by atoms with E-state index in [1.807, 2.05) is 20.8 Å². The molecule has 0 unspecified atom stereocenters. The number of aliphatic carboxylic acids is 1. The molecule has 0 spiro atoms. The molecule has 0 atom stereocenters. The molecule has 2 aromatic rings. The van der Waals surface area contributed by atoms with Crippen LogP contribution in [0.15, 0.2) is 6.33 Å². The van der Waals surface area contributed by atoms with Crippen LogP contribution in [0.1, 0.15) is 79.1 Å². The van der Waals surface area contributed by atoms with Gasteiger partial charge < -0.3 is 19.7 Å². The number of aromatic nitrogens is 4. The van der Waals surface area contributed by atoms with Crippen LogP contribution in [-0.4, -0.2) is 54.9 Å². The molecule has 33 heavy (non-hydrogen) atoms. The number of rotatable bonds is 9. The maximum Gasteiger partial charge on any atom is 0.417 e. The number of carboxylic acids is 1. The Morgan fingerprint density at radius 1 is 1.21 bits per heavy atom. The van der Waals surface area contributed by atoms with E-state index in [2.05, 4.69) is 22.2 Å². The van der Waals surface area contributed by atoms with Gasteiger partial charge in [-0.05, 0) is 40.0 Å². The number of nitrogens with zero attached hydrogens (tertiary/aromatic N) is 5. The fourth-order valence-corrected chi connectivity index (χ4v) is 3.97. The molecule has 0 bridgehead atoms. The number of unbranched alkanes of at least 4 members (excludes halogenated alkanes) is 2. The Morgan fingerprint density at radius 2 is 1.94 bits per heavy atom. The van der Waals surface area contributed by atoms with Gasteiger partial charge in [-0.15, -0.1) is 0 Å². The molecule has 0 saturated heterocycles. The Kier molecular flexibility index (Phi) is 8.10. The lowest BCUT2D eigenvalue weighted by molar-refractivity contribution is -0.137. The number of imidazole rings is 1. The van der Waals surface area contributed by atoms with Crippen molar-refractivity contribution in [1.82, 2.24) is 19.5 Å². The predicted octanol–water partition coefficient (Wildman–Crippen LogP) is 4.59. The number of ether oxygens (including phenoxy) is 1. The topological polar surface area (TPSA) is 122 Å². The molecule has 1 aliphatic rings. The number of carboxylic acid groups (broad SMARTS) is 1. The van der Waals surface area contributed by atoms with E-state index in [1.54, 1.807) is 0 Å². The molecule has 1 amide bonds. The minimum absolute atomic E-state index is 0.193. The van der Waals surface area contributed by atoms with E-state index >= 15 is 0 Å². The van der Waals surface area contributed by atoms with Crippen LogP contribution in [-0.2, 0) is 16.1 Å². The third-order valence-corrected chi connectivity index (χ3v) is 5.54. The molecule has 0 radical (unpaired) electrons. The minimum Gasteiger partial charge on any atom is -0.480 e. The second-order valence-corrected chi connectivity index (χ2v) is 9.63. The predicted molar refractivity (Wildman–Crippen MR) is 127 cm³/mol. The van der Waals surface area contributed by atoms with Crippen LogP contribution in [0.2, 0.25) is 0 Å². The maximum atomic E-state index is 13.1. The lowest BCUT2D eigenvalue weighted by atomic mass is 9.95. The van der Waals surface area contributed by atoms with E-state index in [0.29, 0.717) is 23.5 Å². The zero-order valence-corrected chi connectivity index (χ0v) is 20.1. The van der Waals surface area contributed by atoms with E-state index in [-0.39, 0.29) is 18.5 Å². The molecular weight excluding hydrogens is 424 g/mol. The minimum atomic E-state index is -0.997. The highest BCUT2D eigenvalue weighted by Gasteiger charge is 2.27. The van der Waals surface area contributed by atoms with Crippen molar-refractivity contribution in [3.8, 4) is 0 Å². The van der Waals surface area contributed by atoms with E-state index in [1.165, 1.54) is 22.2 Å². The van der Waals surface area contributed by atoms with Gasteiger partial charge in [0.2, 0.25) is 5.95 Å².